The first-order chi connectivity index (χ1) is 17.6. The molecule has 3 amide bonds. The van der Waals surface area contributed by atoms with E-state index in [-0.39, 0.29) is 24.0 Å². The molecule has 0 aliphatic carbocycles. The third kappa shape index (κ3) is 8.71. The molecule has 5 atom stereocenters. The van der Waals surface area contributed by atoms with Crippen LogP contribution in [-0.2, 0) is 25.6 Å². The van der Waals surface area contributed by atoms with Crippen molar-refractivity contribution in [3.63, 3.8) is 0 Å². The average Bonchev–Trinajstić information content (AvgIpc) is 3.37. The highest BCUT2D eigenvalue weighted by Crippen LogP contribution is 2.20. The molecule has 1 aliphatic rings. The molecule has 1 aromatic rings. The Hall–Kier alpha value is -3.18. The number of rotatable bonds is 14. The third-order valence-electron chi connectivity index (χ3n) is 6.91. The second-order valence-electron chi connectivity index (χ2n) is 9.72. The number of amides is 3. The molecule has 8 N–H and O–H groups in total. The standard InChI is InChI=1S/C26H41N5O6/c1-3-16(2)22(24(34)29-20(26(36)37)15-17-9-11-18(32)12-10-17)30-23(33)21-8-6-14-31(21)25(35)19(28)7-4-5-13-27/h9-12,16,19-22,32H,3-8,13-15,27-28H2,1-2H3,(H,29,34)(H,30,33)(H,36,37). The summed E-state index contributed by atoms with van der Waals surface area (Å²) in [6.07, 6.45) is 3.65. The monoisotopic (exact) mass is 519 g/mol. The summed E-state index contributed by atoms with van der Waals surface area (Å²) >= 11 is 0. The fraction of sp³-hybridized carbons (Fsp3) is 0.615. The van der Waals surface area contributed by atoms with E-state index >= 15 is 0 Å². The van der Waals surface area contributed by atoms with Gasteiger partial charge >= 0.3 is 5.97 Å². The lowest BCUT2D eigenvalue weighted by molar-refractivity contribution is -0.143. The number of phenolic OH excluding ortho intramolecular Hbond substituents is 1. The normalized spacial score (nSPS) is 18.5. The number of carbonyl (C=O) groups is 4. The molecule has 0 spiro atoms. The van der Waals surface area contributed by atoms with E-state index < -0.39 is 42.0 Å². The quantitative estimate of drug-likeness (QED) is 0.191. The molecule has 2 rings (SSSR count). The summed E-state index contributed by atoms with van der Waals surface area (Å²) in [6.45, 7) is 4.60. The predicted octanol–water partition coefficient (Wildman–Crippen LogP) is 0.482. The van der Waals surface area contributed by atoms with Crippen molar-refractivity contribution in [3.8, 4) is 5.75 Å². The first-order valence-corrected chi connectivity index (χ1v) is 13.0. The van der Waals surface area contributed by atoms with Crippen LogP contribution in [-0.4, -0.2) is 76.1 Å². The lowest BCUT2D eigenvalue weighted by atomic mass is 9.96. The van der Waals surface area contributed by atoms with Gasteiger partial charge in [-0.1, -0.05) is 38.8 Å². The third-order valence-corrected chi connectivity index (χ3v) is 6.91. The summed E-state index contributed by atoms with van der Waals surface area (Å²) in [4.78, 5) is 52.7. The van der Waals surface area contributed by atoms with Gasteiger partial charge in [-0.05, 0) is 55.8 Å². The fourth-order valence-electron chi connectivity index (χ4n) is 4.43. The van der Waals surface area contributed by atoms with Crippen molar-refractivity contribution in [1.82, 2.24) is 15.5 Å². The zero-order chi connectivity index (χ0) is 27.5. The van der Waals surface area contributed by atoms with E-state index in [0.717, 1.165) is 12.8 Å². The fourth-order valence-corrected chi connectivity index (χ4v) is 4.43. The summed E-state index contributed by atoms with van der Waals surface area (Å²) in [5.41, 5.74) is 12.2. The first-order valence-electron chi connectivity index (χ1n) is 13.0. The number of aromatic hydroxyl groups is 1. The molecule has 0 bridgehead atoms. The Kier molecular flexibility index (Phi) is 11.8. The van der Waals surface area contributed by atoms with Crippen molar-refractivity contribution in [3.05, 3.63) is 29.8 Å². The van der Waals surface area contributed by atoms with E-state index in [1.807, 2.05) is 6.92 Å². The summed E-state index contributed by atoms with van der Waals surface area (Å²) < 4.78 is 0. The number of carboxylic acid groups (broad SMARTS) is 1. The second kappa shape index (κ2) is 14.5. The minimum atomic E-state index is -1.23. The van der Waals surface area contributed by atoms with Gasteiger partial charge in [0.15, 0.2) is 0 Å². The average molecular weight is 520 g/mol. The van der Waals surface area contributed by atoms with Crippen LogP contribution in [0.25, 0.3) is 0 Å². The number of hydrogen-bond acceptors (Lipinski definition) is 7. The minimum Gasteiger partial charge on any atom is -0.508 e. The van der Waals surface area contributed by atoms with E-state index in [1.54, 1.807) is 19.1 Å². The number of carbonyl (C=O) groups excluding carboxylic acids is 3. The Morgan fingerprint density at radius 3 is 2.41 bits per heavy atom. The van der Waals surface area contributed by atoms with Gasteiger partial charge in [0.1, 0.15) is 23.9 Å². The highest BCUT2D eigenvalue weighted by atomic mass is 16.4. The number of nitrogens with one attached hydrogen (secondary N) is 2. The van der Waals surface area contributed by atoms with Gasteiger partial charge in [-0.3, -0.25) is 14.4 Å². The number of likely N-dealkylation sites (tertiary alicyclic amines) is 1. The van der Waals surface area contributed by atoms with Crippen molar-refractivity contribution >= 4 is 23.7 Å². The maximum Gasteiger partial charge on any atom is 0.326 e. The van der Waals surface area contributed by atoms with Crippen molar-refractivity contribution in [1.29, 1.82) is 0 Å². The molecule has 0 radical (unpaired) electrons. The SMILES string of the molecule is CCC(C)C(NC(=O)C1CCCN1C(=O)C(N)CCCCN)C(=O)NC(Cc1ccc(O)cc1)C(=O)O. The van der Waals surface area contributed by atoms with Crippen LogP contribution in [0.5, 0.6) is 5.75 Å². The van der Waals surface area contributed by atoms with E-state index in [4.69, 9.17) is 11.5 Å². The molecule has 0 aromatic heterocycles. The molecule has 1 heterocycles. The molecule has 11 heteroatoms. The van der Waals surface area contributed by atoms with E-state index in [2.05, 4.69) is 10.6 Å². The number of nitrogens with two attached hydrogens (primary N) is 2. The Morgan fingerprint density at radius 2 is 1.81 bits per heavy atom. The van der Waals surface area contributed by atoms with Crippen molar-refractivity contribution in [2.45, 2.75) is 83.0 Å². The number of carboxylic acids is 1. The Morgan fingerprint density at radius 1 is 1.14 bits per heavy atom. The lowest BCUT2D eigenvalue weighted by Crippen LogP contribution is -2.58. The molecule has 0 saturated carbocycles. The molecule has 1 fully saturated rings. The number of hydrogen-bond donors (Lipinski definition) is 6. The maximum absolute atomic E-state index is 13.2. The summed E-state index contributed by atoms with van der Waals surface area (Å²) in [5.74, 6) is -2.80. The largest absolute Gasteiger partial charge is 0.508 e. The number of phenols is 1. The number of nitrogens with zero attached hydrogens (tertiary/aromatic N) is 1. The van der Waals surface area contributed by atoms with Crippen LogP contribution < -0.4 is 22.1 Å². The minimum absolute atomic E-state index is 0.00940. The van der Waals surface area contributed by atoms with Gasteiger partial charge in [0.2, 0.25) is 17.7 Å². The molecule has 1 aromatic carbocycles. The highest BCUT2D eigenvalue weighted by molar-refractivity contribution is 5.94. The zero-order valence-electron chi connectivity index (χ0n) is 21.7. The van der Waals surface area contributed by atoms with Crippen LogP contribution in [0, 0.1) is 5.92 Å². The molecule has 5 unspecified atom stereocenters. The van der Waals surface area contributed by atoms with Gasteiger partial charge in [-0.15, -0.1) is 0 Å². The maximum atomic E-state index is 13.2. The first kappa shape index (κ1) is 30.0. The van der Waals surface area contributed by atoms with E-state index in [1.165, 1.54) is 17.0 Å². The Balaban J connectivity index is 2.09. The van der Waals surface area contributed by atoms with Crippen LogP contribution in [0.15, 0.2) is 24.3 Å². The highest BCUT2D eigenvalue weighted by Gasteiger charge is 2.38. The molecule has 37 heavy (non-hydrogen) atoms. The van der Waals surface area contributed by atoms with Crippen LogP contribution in [0.3, 0.4) is 0 Å². The topological polar surface area (TPSA) is 188 Å². The van der Waals surface area contributed by atoms with Gasteiger partial charge in [0.05, 0.1) is 6.04 Å². The van der Waals surface area contributed by atoms with Gasteiger partial charge in [0, 0.05) is 13.0 Å². The Bertz CT molecular complexity index is 925. The van der Waals surface area contributed by atoms with Crippen LogP contribution >= 0.6 is 0 Å². The molecular weight excluding hydrogens is 478 g/mol. The lowest BCUT2D eigenvalue weighted by Gasteiger charge is -2.30. The smallest absolute Gasteiger partial charge is 0.326 e. The van der Waals surface area contributed by atoms with Gasteiger partial charge in [-0.2, -0.15) is 0 Å². The van der Waals surface area contributed by atoms with Crippen molar-refractivity contribution < 1.29 is 29.4 Å². The van der Waals surface area contributed by atoms with Crippen molar-refractivity contribution in [2.75, 3.05) is 13.1 Å². The van der Waals surface area contributed by atoms with Gasteiger partial charge in [-0.25, -0.2) is 4.79 Å². The molecule has 206 valence electrons. The molecule has 11 nitrogen and oxygen atoms in total. The van der Waals surface area contributed by atoms with Crippen LogP contribution in [0.2, 0.25) is 0 Å². The van der Waals surface area contributed by atoms with E-state index in [9.17, 15) is 29.4 Å². The van der Waals surface area contributed by atoms with E-state index in [0.29, 0.717) is 44.3 Å². The van der Waals surface area contributed by atoms with Crippen LogP contribution in [0.4, 0.5) is 0 Å². The second-order valence-corrected chi connectivity index (χ2v) is 9.72. The predicted molar refractivity (Wildman–Crippen MR) is 138 cm³/mol. The summed E-state index contributed by atoms with van der Waals surface area (Å²) in [5, 5.41) is 24.4. The van der Waals surface area contributed by atoms with Gasteiger partial charge < -0.3 is 37.2 Å². The number of unbranched alkanes of at least 4 members (excludes halogenated alkanes) is 1. The van der Waals surface area contributed by atoms with Crippen LogP contribution in [0.1, 0.15) is 57.9 Å². The zero-order valence-corrected chi connectivity index (χ0v) is 21.7. The summed E-state index contributed by atoms with van der Waals surface area (Å²) in [7, 11) is 0. The molecular formula is C26H41N5O6. The number of aliphatic carboxylic acids is 1. The molecule has 1 aliphatic heterocycles. The number of benzene rings is 1. The summed E-state index contributed by atoms with van der Waals surface area (Å²) in [6, 6.07) is 2.39. The Labute approximate surface area is 217 Å². The van der Waals surface area contributed by atoms with Gasteiger partial charge in [0.25, 0.3) is 0 Å². The molecule has 1 saturated heterocycles. The van der Waals surface area contributed by atoms with Crippen molar-refractivity contribution in [2.24, 2.45) is 17.4 Å².